The van der Waals surface area contributed by atoms with E-state index in [1.165, 1.54) is 0 Å². The van der Waals surface area contributed by atoms with Gasteiger partial charge in [0.25, 0.3) is 0 Å². The molecule has 4 heteroatoms. The van der Waals surface area contributed by atoms with E-state index in [1.54, 1.807) is 4.68 Å². The Balaban J connectivity index is 2.57. The zero-order valence-corrected chi connectivity index (χ0v) is 5.70. The first kappa shape index (κ1) is 5.58. The van der Waals surface area contributed by atoms with Crippen molar-refractivity contribution in [1.29, 1.82) is 0 Å². The monoisotopic (exact) mass is 135 g/mol. The Kier molecular flexibility index (Phi) is 1.06. The van der Waals surface area contributed by atoms with Crippen molar-refractivity contribution in [3.05, 3.63) is 11.6 Å². The van der Waals surface area contributed by atoms with Crippen LogP contribution in [0.2, 0.25) is 0 Å². The number of aromatic nitrogens is 3. The number of hydrogen-bond donors (Lipinski definition) is 0. The summed E-state index contributed by atoms with van der Waals surface area (Å²) in [6.07, 6.45) is 4.64. The molecule has 51 valence electrons. The van der Waals surface area contributed by atoms with Crippen LogP contribution in [-0.4, -0.2) is 21.1 Å². The highest BCUT2D eigenvalue weighted by Gasteiger charge is 2.09. The summed E-state index contributed by atoms with van der Waals surface area (Å²) in [7, 11) is 0. The molecule has 0 unspecified atom stereocenters. The van der Waals surface area contributed by atoms with Crippen LogP contribution in [0.4, 0.5) is 0 Å². The largest absolute Gasteiger partial charge is 0.201 e. The van der Waals surface area contributed by atoms with Crippen LogP contribution in [0.3, 0.4) is 0 Å². The molecule has 4 nitrogen and oxygen atoms in total. The van der Waals surface area contributed by atoms with E-state index in [0.717, 1.165) is 24.5 Å². The highest BCUT2D eigenvalue weighted by atomic mass is 15.5. The van der Waals surface area contributed by atoms with Gasteiger partial charge in [-0.05, 0) is 6.92 Å². The second-order valence-corrected chi connectivity index (χ2v) is 2.23. The smallest absolute Gasteiger partial charge is 0.155 e. The molecule has 1 aromatic heterocycles. The highest BCUT2D eigenvalue weighted by Crippen LogP contribution is 2.06. The van der Waals surface area contributed by atoms with Crippen LogP contribution in [0.25, 0.3) is 0 Å². The Hall–Kier alpha value is -1.19. The SMILES string of the molecule is Cc1nnc2n1N=[C]CC2. The molecule has 0 amide bonds. The minimum Gasteiger partial charge on any atom is -0.201 e. The van der Waals surface area contributed by atoms with Gasteiger partial charge < -0.3 is 0 Å². The Morgan fingerprint density at radius 2 is 2.40 bits per heavy atom. The minimum atomic E-state index is 0.835. The Bertz CT molecular complexity index is 273. The predicted molar refractivity (Wildman–Crippen MR) is 35.9 cm³/mol. The summed E-state index contributed by atoms with van der Waals surface area (Å²) in [4.78, 5) is 0. The lowest BCUT2D eigenvalue weighted by atomic mass is 10.3. The topological polar surface area (TPSA) is 43.1 Å². The number of aryl methyl sites for hydroxylation is 2. The van der Waals surface area contributed by atoms with Gasteiger partial charge in [-0.2, -0.15) is 5.10 Å². The van der Waals surface area contributed by atoms with Crippen molar-refractivity contribution in [1.82, 2.24) is 14.9 Å². The molecule has 0 bridgehead atoms. The third-order valence-corrected chi connectivity index (χ3v) is 1.49. The quantitative estimate of drug-likeness (QED) is 0.511. The maximum atomic E-state index is 3.99. The molecule has 0 fully saturated rings. The van der Waals surface area contributed by atoms with Crippen molar-refractivity contribution in [2.75, 3.05) is 0 Å². The van der Waals surface area contributed by atoms with Crippen molar-refractivity contribution in [2.45, 2.75) is 19.8 Å². The van der Waals surface area contributed by atoms with Gasteiger partial charge in [0.15, 0.2) is 11.6 Å². The first-order chi connectivity index (χ1) is 4.88. The van der Waals surface area contributed by atoms with Gasteiger partial charge in [-0.3, -0.25) is 0 Å². The van der Waals surface area contributed by atoms with Crippen molar-refractivity contribution < 1.29 is 0 Å². The van der Waals surface area contributed by atoms with Gasteiger partial charge >= 0.3 is 0 Å². The van der Waals surface area contributed by atoms with E-state index < -0.39 is 0 Å². The standard InChI is InChI=1S/C6H7N4/c1-5-8-9-6-3-2-4-7-10(5)6/h2-3H2,1H3. The van der Waals surface area contributed by atoms with Crippen LogP contribution >= 0.6 is 0 Å². The van der Waals surface area contributed by atoms with Gasteiger partial charge in [0, 0.05) is 12.8 Å². The lowest BCUT2D eigenvalue weighted by Gasteiger charge is -2.03. The van der Waals surface area contributed by atoms with Gasteiger partial charge in [0.1, 0.15) is 0 Å². The molecule has 1 aliphatic heterocycles. The van der Waals surface area contributed by atoms with E-state index in [2.05, 4.69) is 21.5 Å². The summed E-state index contributed by atoms with van der Waals surface area (Å²) in [5.41, 5.74) is 0. The molecule has 1 radical (unpaired) electrons. The second-order valence-electron chi connectivity index (χ2n) is 2.23. The Labute approximate surface area is 58.6 Å². The number of fused-ring (bicyclic) bond motifs is 1. The summed E-state index contributed by atoms with van der Waals surface area (Å²) < 4.78 is 1.73. The zero-order valence-electron chi connectivity index (χ0n) is 5.70. The molecule has 0 saturated heterocycles. The molecule has 10 heavy (non-hydrogen) atoms. The summed E-state index contributed by atoms with van der Waals surface area (Å²) in [5.74, 6) is 1.78. The third kappa shape index (κ3) is 0.650. The van der Waals surface area contributed by atoms with Crippen LogP contribution in [0.5, 0.6) is 0 Å². The summed E-state index contributed by atoms with van der Waals surface area (Å²) in [6, 6.07) is 0. The molecule has 0 spiro atoms. The van der Waals surface area contributed by atoms with Gasteiger partial charge in [0.05, 0.1) is 6.21 Å². The maximum absolute atomic E-state index is 3.99. The zero-order chi connectivity index (χ0) is 6.97. The molecule has 0 atom stereocenters. The normalized spacial score (nSPS) is 15.3. The highest BCUT2D eigenvalue weighted by molar-refractivity contribution is 5.58. The van der Waals surface area contributed by atoms with Crippen molar-refractivity contribution in [3.8, 4) is 0 Å². The molecule has 0 N–H and O–H groups in total. The molecule has 0 aromatic carbocycles. The molecule has 2 rings (SSSR count). The Morgan fingerprint density at radius 1 is 1.50 bits per heavy atom. The van der Waals surface area contributed by atoms with Crippen LogP contribution in [0.1, 0.15) is 18.1 Å². The van der Waals surface area contributed by atoms with Crippen LogP contribution < -0.4 is 0 Å². The first-order valence-electron chi connectivity index (χ1n) is 3.23. The molecular weight excluding hydrogens is 128 g/mol. The van der Waals surface area contributed by atoms with Crippen molar-refractivity contribution >= 4 is 6.21 Å². The van der Waals surface area contributed by atoms with E-state index in [1.807, 2.05) is 6.92 Å². The van der Waals surface area contributed by atoms with E-state index in [9.17, 15) is 0 Å². The van der Waals surface area contributed by atoms with Crippen LogP contribution in [0, 0.1) is 6.92 Å². The van der Waals surface area contributed by atoms with Crippen LogP contribution in [0.15, 0.2) is 5.10 Å². The van der Waals surface area contributed by atoms with E-state index >= 15 is 0 Å². The molecule has 1 aromatic rings. The molecular formula is C6H7N4. The third-order valence-electron chi connectivity index (χ3n) is 1.49. The average molecular weight is 135 g/mol. The number of hydrogen-bond acceptors (Lipinski definition) is 3. The van der Waals surface area contributed by atoms with Gasteiger partial charge in [-0.1, -0.05) is 0 Å². The van der Waals surface area contributed by atoms with E-state index in [-0.39, 0.29) is 0 Å². The molecule has 0 aliphatic carbocycles. The van der Waals surface area contributed by atoms with E-state index in [0.29, 0.717) is 0 Å². The number of nitrogens with zero attached hydrogens (tertiary/aromatic N) is 4. The lowest BCUT2D eigenvalue weighted by molar-refractivity contribution is 0.724. The fourth-order valence-electron chi connectivity index (χ4n) is 0.976. The average Bonchev–Trinajstić information content (AvgIpc) is 2.34. The fourth-order valence-corrected chi connectivity index (χ4v) is 0.976. The number of rotatable bonds is 0. The lowest BCUT2D eigenvalue weighted by Crippen LogP contribution is -2.05. The van der Waals surface area contributed by atoms with Crippen LogP contribution in [-0.2, 0) is 6.42 Å². The Morgan fingerprint density at radius 3 is 3.20 bits per heavy atom. The van der Waals surface area contributed by atoms with Gasteiger partial charge in [-0.15, -0.1) is 10.2 Å². The molecule has 0 saturated carbocycles. The molecule has 2 heterocycles. The first-order valence-corrected chi connectivity index (χ1v) is 3.23. The maximum Gasteiger partial charge on any atom is 0.155 e. The summed E-state index contributed by atoms with van der Waals surface area (Å²) in [5, 5.41) is 11.8. The predicted octanol–water partition coefficient (Wildman–Crippen LogP) is 0.244. The fraction of sp³-hybridized carbons (Fsp3) is 0.500. The molecule has 1 aliphatic rings. The van der Waals surface area contributed by atoms with E-state index in [4.69, 9.17) is 0 Å². The summed E-state index contributed by atoms with van der Waals surface area (Å²) >= 11 is 0. The van der Waals surface area contributed by atoms with Gasteiger partial charge in [0.2, 0.25) is 0 Å². The summed E-state index contributed by atoms with van der Waals surface area (Å²) in [6.45, 7) is 1.88. The van der Waals surface area contributed by atoms with Gasteiger partial charge in [-0.25, -0.2) is 4.68 Å². The minimum absolute atomic E-state index is 0.835. The van der Waals surface area contributed by atoms with Crippen molar-refractivity contribution in [3.63, 3.8) is 0 Å². The van der Waals surface area contributed by atoms with Crippen molar-refractivity contribution in [2.24, 2.45) is 5.10 Å². The second kappa shape index (κ2) is 1.90.